The monoisotopic (exact) mass is 425 g/mol. The molecule has 4 rings (SSSR count). The molecule has 9 heteroatoms. The van der Waals surface area contributed by atoms with E-state index in [9.17, 15) is 9.59 Å². The second kappa shape index (κ2) is 9.36. The number of benzene rings is 1. The van der Waals surface area contributed by atoms with Crippen LogP contribution >= 0.6 is 11.8 Å². The van der Waals surface area contributed by atoms with Gasteiger partial charge in [0.05, 0.1) is 18.4 Å². The predicted molar refractivity (Wildman–Crippen MR) is 116 cm³/mol. The highest BCUT2D eigenvalue weighted by atomic mass is 32.2. The summed E-state index contributed by atoms with van der Waals surface area (Å²) in [4.78, 5) is 38.2. The first-order valence-corrected chi connectivity index (χ1v) is 11.0. The third-order valence-corrected chi connectivity index (χ3v) is 5.92. The molecule has 0 spiro atoms. The van der Waals surface area contributed by atoms with Crippen molar-refractivity contribution in [1.29, 1.82) is 0 Å². The Morgan fingerprint density at radius 2 is 2.07 bits per heavy atom. The van der Waals surface area contributed by atoms with E-state index in [2.05, 4.69) is 27.2 Å². The first-order chi connectivity index (χ1) is 14.6. The Balaban J connectivity index is 1.52. The number of aromatic nitrogens is 4. The largest absolute Gasteiger partial charge is 0.376 e. The summed E-state index contributed by atoms with van der Waals surface area (Å²) in [5.74, 6) is -0.0411. The lowest BCUT2D eigenvalue weighted by Crippen LogP contribution is -2.30. The van der Waals surface area contributed by atoms with Crippen molar-refractivity contribution < 1.29 is 9.53 Å². The van der Waals surface area contributed by atoms with Crippen LogP contribution in [0.15, 0.2) is 46.6 Å². The van der Waals surface area contributed by atoms with Crippen molar-refractivity contribution in [2.45, 2.75) is 44.0 Å². The summed E-state index contributed by atoms with van der Waals surface area (Å²) >= 11 is 1.21. The molecule has 8 nitrogen and oxygen atoms in total. The summed E-state index contributed by atoms with van der Waals surface area (Å²) in [7, 11) is 0. The quantitative estimate of drug-likeness (QED) is 0.459. The fraction of sp³-hybridized carbons (Fsp3) is 0.381. The lowest BCUT2D eigenvalue weighted by molar-refractivity contribution is -0.113. The van der Waals surface area contributed by atoms with E-state index in [1.165, 1.54) is 29.7 Å². The maximum atomic E-state index is 13.0. The molecule has 30 heavy (non-hydrogen) atoms. The van der Waals surface area contributed by atoms with Gasteiger partial charge >= 0.3 is 0 Å². The van der Waals surface area contributed by atoms with Crippen molar-refractivity contribution in [2.75, 3.05) is 17.7 Å². The lowest BCUT2D eigenvalue weighted by atomic mass is 10.1. The Kier molecular flexibility index (Phi) is 6.39. The van der Waals surface area contributed by atoms with E-state index >= 15 is 0 Å². The van der Waals surface area contributed by atoms with Crippen molar-refractivity contribution in [3.63, 3.8) is 0 Å². The fourth-order valence-electron chi connectivity index (χ4n) is 3.34. The van der Waals surface area contributed by atoms with Gasteiger partial charge in [0.25, 0.3) is 5.56 Å². The molecule has 1 saturated heterocycles. The summed E-state index contributed by atoms with van der Waals surface area (Å²) in [5, 5.41) is 3.32. The zero-order valence-electron chi connectivity index (χ0n) is 16.7. The minimum Gasteiger partial charge on any atom is -0.376 e. The minimum absolute atomic E-state index is 0.0381. The first kappa shape index (κ1) is 20.5. The molecule has 0 aliphatic carbocycles. The molecule has 1 atom stereocenters. The number of fused-ring (bicyclic) bond motifs is 1. The maximum absolute atomic E-state index is 13.0. The van der Waals surface area contributed by atoms with E-state index < -0.39 is 0 Å². The minimum atomic E-state index is -0.262. The summed E-state index contributed by atoms with van der Waals surface area (Å²) in [6.45, 7) is 3.17. The van der Waals surface area contributed by atoms with Crippen LogP contribution in [0, 0.1) is 0 Å². The van der Waals surface area contributed by atoms with Gasteiger partial charge in [-0.1, -0.05) is 30.8 Å². The number of aryl methyl sites for hydroxylation is 1. The van der Waals surface area contributed by atoms with E-state index in [-0.39, 0.29) is 34.5 Å². The van der Waals surface area contributed by atoms with Crippen LogP contribution in [0.25, 0.3) is 11.2 Å². The molecule has 1 aliphatic heterocycles. The summed E-state index contributed by atoms with van der Waals surface area (Å²) in [5.41, 5.74) is 2.19. The van der Waals surface area contributed by atoms with E-state index in [0.29, 0.717) is 18.3 Å². The molecule has 0 unspecified atom stereocenters. The highest BCUT2D eigenvalue weighted by Crippen LogP contribution is 2.20. The van der Waals surface area contributed by atoms with Crippen molar-refractivity contribution >= 4 is 34.5 Å². The van der Waals surface area contributed by atoms with Gasteiger partial charge < -0.3 is 10.1 Å². The summed E-state index contributed by atoms with van der Waals surface area (Å²) < 4.78 is 7.25. The van der Waals surface area contributed by atoms with Crippen molar-refractivity contribution in [3.05, 3.63) is 52.6 Å². The molecule has 1 aromatic carbocycles. The highest BCUT2D eigenvalue weighted by molar-refractivity contribution is 7.99. The second-order valence-electron chi connectivity index (χ2n) is 7.06. The number of carbonyl (C=O) groups is 1. The van der Waals surface area contributed by atoms with Crippen LogP contribution < -0.4 is 10.9 Å². The number of thioether (sulfide) groups is 1. The Hall–Kier alpha value is -2.78. The Labute approximate surface area is 178 Å². The van der Waals surface area contributed by atoms with Crippen LogP contribution in [0.3, 0.4) is 0 Å². The molecule has 1 aliphatic rings. The van der Waals surface area contributed by atoms with E-state index in [0.717, 1.165) is 24.9 Å². The Morgan fingerprint density at radius 3 is 2.80 bits per heavy atom. The van der Waals surface area contributed by atoms with Gasteiger partial charge in [0.1, 0.15) is 0 Å². The lowest BCUT2D eigenvalue weighted by Gasteiger charge is -2.15. The van der Waals surface area contributed by atoms with Gasteiger partial charge in [0, 0.05) is 24.7 Å². The fourth-order valence-corrected chi connectivity index (χ4v) is 4.14. The van der Waals surface area contributed by atoms with Gasteiger partial charge in [-0.3, -0.25) is 14.2 Å². The number of amides is 1. The summed E-state index contributed by atoms with van der Waals surface area (Å²) in [6.07, 6.45) is 5.75. The number of anilines is 1. The van der Waals surface area contributed by atoms with Gasteiger partial charge in [0.2, 0.25) is 5.91 Å². The van der Waals surface area contributed by atoms with Gasteiger partial charge in [0.15, 0.2) is 16.3 Å². The van der Waals surface area contributed by atoms with Crippen LogP contribution in [0.4, 0.5) is 5.69 Å². The maximum Gasteiger partial charge on any atom is 0.282 e. The number of rotatable bonds is 7. The number of hydrogen-bond donors (Lipinski definition) is 1. The van der Waals surface area contributed by atoms with Crippen LogP contribution in [-0.2, 0) is 22.5 Å². The summed E-state index contributed by atoms with van der Waals surface area (Å²) in [6, 6.07) is 7.76. The molecule has 1 fully saturated rings. The molecule has 1 amide bonds. The van der Waals surface area contributed by atoms with Gasteiger partial charge in [-0.05, 0) is 37.0 Å². The number of nitrogens with one attached hydrogen (secondary N) is 1. The third-order valence-electron chi connectivity index (χ3n) is 4.95. The van der Waals surface area contributed by atoms with Crippen molar-refractivity contribution in [2.24, 2.45) is 0 Å². The number of ether oxygens (including phenoxy) is 1. The van der Waals surface area contributed by atoms with Crippen LogP contribution in [0.1, 0.15) is 25.3 Å². The average molecular weight is 426 g/mol. The molecular formula is C21H23N5O3S. The predicted octanol–water partition coefficient (Wildman–Crippen LogP) is 2.66. The van der Waals surface area contributed by atoms with Gasteiger partial charge in [-0.25, -0.2) is 15.0 Å². The van der Waals surface area contributed by atoms with Crippen LogP contribution in [0.2, 0.25) is 0 Å². The first-order valence-electron chi connectivity index (χ1n) is 9.99. The third kappa shape index (κ3) is 4.68. The molecule has 3 heterocycles. The zero-order chi connectivity index (χ0) is 20.9. The molecule has 0 saturated carbocycles. The average Bonchev–Trinajstić information content (AvgIpc) is 3.28. The highest BCUT2D eigenvalue weighted by Gasteiger charge is 2.21. The molecule has 1 N–H and O–H groups in total. The van der Waals surface area contributed by atoms with Crippen molar-refractivity contribution in [3.8, 4) is 0 Å². The number of hydrogen-bond acceptors (Lipinski definition) is 7. The van der Waals surface area contributed by atoms with E-state index in [4.69, 9.17) is 4.74 Å². The molecule has 0 bridgehead atoms. The topological polar surface area (TPSA) is 99.0 Å². The second-order valence-corrected chi connectivity index (χ2v) is 8.00. The van der Waals surface area contributed by atoms with Crippen molar-refractivity contribution in [1.82, 2.24) is 19.5 Å². The van der Waals surface area contributed by atoms with E-state index in [1.807, 2.05) is 24.3 Å². The number of nitrogens with zero attached hydrogens (tertiary/aromatic N) is 4. The van der Waals surface area contributed by atoms with E-state index in [1.54, 1.807) is 4.57 Å². The standard InChI is InChI=1S/C21H23N5O3S/c1-2-14-5-7-15(8-6-14)24-17(27)13-30-21-25-19-18(22-9-10-23-19)20(28)26(21)12-16-4-3-11-29-16/h5-10,16H,2-4,11-13H2,1H3,(H,24,27)/t16-/m1/s1. The molecule has 0 radical (unpaired) electrons. The Bertz CT molecular complexity index is 1090. The van der Waals surface area contributed by atoms with Crippen LogP contribution in [0.5, 0.6) is 0 Å². The van der Waals surface area contributed by atoms with Gasteiger partial charge in [-0.15, -0.1) is 0 Å². The van der Waals surface area contributed by atoms with Gasteiger partial charge in [-0.2, -0.15) is 0 Å². The normalized spacial score (nSPS) is 16.1. The molecule has 156 valence electrons. The smallest absolute Gasteiger partial charge is 0.282 e. The number of carbonyl (C=O) groups excluding carboxylic acids is 1. The molecule has 3 aromatic rings. The molecule has 2 aromatic heterocycles. The zero-order valence-corrected chi connectivity index (χ0v) is 17.5. The molecular weight excluding hydrogens is 402 g/mol. The Morgan fingerprint density at radius 1 is 1.27 bits per heavy atom. The SMILES string of the molecule is CCc1ccc(NC(=O)CSc2nc3nccnc3c(=O)n2C[C@H]2CCCO2)cc1. The van der Waals surface area contributed by atoms with Crippen LogP contribution in [-0.4, -0.2) is 43.9 Å².